The molecule has 1 amide bonds. The van der Waals surface area contributed by atoms with Gasteiger partial charge in [-0.15, -0.1) is 0 Å². The van der Waals surface area contributed by atoms with Gasteiger partial charge in [0.25, 0.3) is 0 Å². The third-order valence-corrected chi connectivity index (χ3v) is 3.67. The molecule has 1 fully saturated rings. The molecular weight excluding hydrogens is 240 g/mol. The number of hydrogen-bond acceptors (Lipinski definition) is 2. The zero-order valence-electron chi connectivity index (χ0n) is 11.3. The van der Waals surface area contributed by atoms with E-state index in [1.54, 1.807) is 0 Å². The molecule has 1 aromatic rings. The molecule has 100 valence electrons. The normalized spacial score (nSPS) is 20.2. The SMILES string of the molecule is Cc1ccc(C(C)N2CC(CN=[N+]=[N-])CC2=O)cc1. The molecule has 1 saturated heterocycles. The number of carbonyl (C=O) groups excluding carboxylic acids is 1. The van der Waals surface area contributed by atoms with Crippen LogP contribution in [-0.2, 0) is 4.79 Å². The minimum absolute atomic E-state index is 0.0733. The molecular formula is C14H18N4O. The molecule has 19 heavy (non-hydrogen) atoms. The lowest BCUT2D eigenvalue weighted by Crippen LogP contribution is -2.28. The van der Waals surface area contributed by atoms with Crippen molar-refractivity contribution in [1.82, 2.24) is 4.90 Å². The first kappa shape index (κ1) is 13.4. The second-order valence-corrected chi connectivity index (χ2v) is 5.12. The van der Waals surface area contributed by atoms with E-state index < -0.39 is 0 Å². The number of azide groups is 1. The van der Waals surface area contributed by atoms with E-state index in [1.165, 1.54) is 5.56 Å². The Kier molecular flexibility index (Phi) is 4.07. The van der Waals surface area contributed by atoms with Crippen molar-refractivity contribution in [3.8, 4) is 0 Å². The standard InChI is InChI=1S/C14H18N4O/c1-10-3-5-13(6-4-10)11(2)18-9-12(7-14(18)19)8-16-17-15/h3-6,11-12H,7-9H2,1-2H3. The highest BCUT2D eigenvalue weighted by Crippen LogP contribution is 2.28. The maximum absolute atomic E-state index is 12.0. The van der Waals surface area contributed by atoms with Crippen molar-refractivity contribution >= 4 is 5.91 Å². The summed E-state index contributed by atoms with van der Waals surface area (Å²) in [7, 11) is 0. The third kappa shape index (κ3) is 3.06. The maximum Gasteiger partial charge on any atom is 0.223 e. The van der Waals surface area contributed by atoms with E-state index in [4.69, 9.17) is 5.53 Å². The van der Waals surface area contributed by atoms with Crippen LogP contribution in [-0.4, -0.2) is 23.9 Å². The lowest BCUT2D eigenvalue weighted by molar-refractivity contribution is -0.129. The molecule has 5 nitrogen and oxygen atoms in total. The molecule has 0 aromatic heterocycles. The van der Waals surface area contributed by atoms with E-state index in [2.05, 4.69) is 34.3 Å². The molecule has 5 heteroatoms. The second kappa shape index (κ2) is 5.76. The van der Waals surface area contributed by atoms with Gasteiger partial charge in [-0.3, -0.25) is 4.79 Å². The fourth-order valence-electron chi connectivity index (χ4n) is 2.48. The van der Waals surface area contributed by atoms with Gasteiger partial charge in [0.15, 0.2) is 0 Å². The monoisotopic (exact) mass is 258 g/mol. The van der Waals surface area contributed by atoms with Crippen molar-refractivity contribution in [2.24, 2.45) is 11.0 Å². The average Bonchev–Trinajstić information content (AvgIpc) is 2.77. The molecule has 0 aliphatic carbocycles. The summed E-state index contributed by atoms with van der Waals surface area (Å²) in [5, 5.41) is 3.57. The molecule has 0 bridgehead atoms. The smallest absolute Gasteiger partial charge is 0.223 e. The number of hydrogen-bond donors (Lipinski definition) is 0. The van der Waals surface area contributed by atoms with Crippen molar-refractivity contribution in [2.75, 3.05) is 13.1 Å². The number of amides is 1. The lowest BCUT2D eigenvalue weighted by atomic mass is 10.1. The summed E-state index contributed by atoms with van der Waals surface area (Å²) in [5.74, 6) is 0.294. The summed E-state index contributed by atoms with van der Waals surface area (Å²) in [6.45, 7) is 5.16. The van der Waals surface area contributed by atoms with Crippen LogP contribution in [0.2, 0.25) is 0 Å². The van der Waals surface area contributed by atoms with Crippen molar-refractivity contribution in [3.05, 3.63) is 45.8 Å². The van der Waals surface area contributed by atoms with Crippen molar-refractivity contribution < 1.29 is 4.79 Å². The van der Waals surface area contributed by atoms with Gasteiger partial charge in [-0.2, -0.15) is 0 Å². The van der Waals surface area contributed by atoms with Gasteiger partial charge in [0.2, 0.25) is 5.91 Å². The van der Waals surface area contributed by atoms with E-state index in [9.17, 15) is 4.79 Å². The molecule has 0 N–H and O–H groups in total. The van der Waals surface area contributed by atoms with Crippen molar-refractivity contribution in [2.45, 2.75) is 26.3 Å². The highest BCUT2D eigenvalue weighted by Gasteiger charge is 2.32. The minimum Gasteiger partial charge on any atom is -0.336 e. The Balaban J connectivity index is 2.07. The van der Waals surface area contributed by atoms with E-state index in [0.717, 1.165) is 5.56 Å². The fourth-order valence-corrected chi connectivity index (χ4v) is 2.48. The van der Waals surface area contributed by atoms with Crippen LogP contribution in [0.5, 0.6) is 0 Å². The summed E-state index contributed by atoms with van der Waals surface area (Å²) in [6, 6.07) is 8.32. The Morgan fingerprint density at radius 2 is 2.16 bits per heavy atom. The quantitative estimate of drug-likeness (QED) is 0.464. The molecule has 0 spiro atoms. The van der Waals surface area contributed by atoms with Gasteiger partial charge < -0.3 is 4.90 Å². The lowest BCUT2D eigenvalue weighted by Gasteiger charge is -2.25. The zero-order chi connectivity index (χ0) is 13.8. The van der Waals surface area contributed by atoms with Crippen LogP contribution in [0.25, 0.3) is 10.4 Å². The molecule has 2 unspecified atom stereocenters. The predicted molar refractivity (Wildman–Crippen MR) is 73.4 cm³/mol. The van der Waals surface area contributed by atoms with Crippen LogP contribution in [0.4, 0.5) is 0 Å². The average molecular weight is 258 g/mol. The highest BCUT2D eigenvalue weighted by atomic mass is 16.2. The topological polar surface area (TPSA) is 69.1 Å². The van der Waals surface area contributed by atoms with Crippen LogP contribution in [0.15, 0.2) is 29.4 Å². The molecule has 1 aromatic carbocycles. The van der Waals surface area contributed by atoms with Crippen LogP contribution >= 0.6 is 0 Å². The maximum atomic E-state index is 12.0. The fraction of sp³-hybridized carbons (Fsp3) is 0.500. The van der Waals surface area contributed by atoms with Crippen molar-refractivity contribution in [1.29, 1.82) is 0 Å². The van der Waals surface area contributed by atoms with E-state index >= 15 is 0 Å². The Hall–Kier alpha value is -2.00. The molecule has 0 radical (unpaired) electrons. The van der Waals surface area contributed by atoms with Crippen LogP contribution < -0.4 is 0 Å². The highest BCUT2D eigenvalue weighted by molar-refractivity contribution is 5.79. The van der Waals surface area contributed by atoms with Gasteiger partial charge in [0, 0.05) is 24.4 Å². The zero-order valence-corrected chi connectivity index (χ0v) is 11.3. The van der Waals surface area contributed by atoms with Gasteiger partial charge in [-0.25, -0.2) is 0 Å². The van der Waals surface area contributed by atoms with Crippen molar-refractivity contribution in [3.63, 3.8) is 0 Å². The molecule has 1 aliphatic heterocycles. The van der Waals surface area contributed by atoms with Gasteiger partial charge in [-0.1, -0.05) is 34.9 Å². The van der Waals surface area contributed by atoms with Gasteiger partial charge in [0.1, 0.15) is 0 Å². The Bertz CT molecular complexity index is 505. The summed E-state index contributed by atoms with van der Waals surface area (Å²) < 4.78 is 0. The summed E-state index contributed by atoms with van der Waals surface area (Å²) in [5.41, 5.74) is 10.7. The number of likely N-dealkylation sites (tertiary alicyclic amines) is 1. The van der Waals surface area contributed by atoms with E-state index in [1.807, 2.05) is 18.7 Å². The summed E-state index contributed by atoms with van der Waals surface area (Å²) >= 11 is 0. The first-order chi connectivity index (χ1) is 9.11. The number of carbonyl (C=O) groups is 1. The third-order valence-electron chi connectivity index (χ3n) is 3.67. The Labute approximate surface area is 112 Å². The first-order valence-corrected chi connectivity index (χ1v) is 6.48. The first-order valence-electron chi connectivity index (χ1n) is 6.48. The number of aryl methyl sites for hydroxylation is 1. The largest absolute Gasteiger partial charge is 0.336 e. The van der Waals surface area contributed by atoms with Crippen LogP contribution in [0.1, 0.15) is 30.5 Å². The minimum atomic E-state index is 0.0733. The summed E-state index contributed by atoms with van der Waals surface area (Å²) in [6.07, 6.45) is 0.481. The summed E-state index contributed by atoms with van der Waals surface area (Å²) in [4.78, 5) is 16.7. The van der Waals surface area contributed by atoms with Crippen LogP contribution in [0.3, 0.4) is 0 Å². The van der Waals surface area contributed by atoms with Gasteiger partial charge in [0.05, 0.1) is 6.04 Å². The second-order valence-electron chi connectivity index (χ2n) is 5.12. The van der Waals surface area contributed by atoms with E-state index in [-0.39, 0.29) is 17.9 Å². The molecule has 2 atom stereocenters. The number of rotatable bonds is 4. The van der Waals surface area contributed by atoms with Crippen LogP contribution in [0, 0.1) is 12.8 Å². The van der Waals surface area contributed by atoms with Gasteiger partial charge in [-0.05, 0) is 30.9 Å². The Morgan fingerprint density at radius 1 is 1.47 bits per heavy atom. The van der Waals surface area contributed by atoms with E-state index in [0.29, 0.717) is 19.5 Å². The number of benzene rings is 1. The molecule has 2 rings (SSSR count). The molecule has 1 heterocycles. The molecule has 0 saturated carbocycles. The number of nitrogens with zero attached hydrogens (tertiary/aromatic N) is 4. The molecule has 1 aliphatic rings. The predicted octanol–water partition coefficient (Wildman–Crippen LogP) is 3.21. The Morgan fingerprint density at radius 3 is 2.79 bits per heavy atom. The van der Waals surface area contributed by atoms with Gasteiger partial charge >= 0.3 is 0 Å².